The molecule has 2 rings (SSSR count). The third-order valence-corrected chi connectivity index (χ3v) is 4.22. The quantitative estimate of drug-likeness (QED) is 0.872. The van der Waals surface area contributed by atoms with Crippen LogP contribution in [0.2, 0.25) is 5.02 Å². The maximum atomic E-state index is 6.08. The molecule has 0 aliphatic heterocycles. The molecule has 0 radical (unpaired) electrons. The highest BCUT2D eigenvalue weighted by Gasteiger charge is 2.12. The Morgan fingerprint density at radius 2 is 2.00 bits per heavy atom. The first kappa shape index (κ1) is 13.3. The highest BCUT2D eigenvalue weighted by Crippen LogP contribution is 2.30. The first-order valence-corrected chi connectivity index (χ1v) is 7.16. The molecule has 3 nitrogen and oxygen atoms in total. The summed E-state index contributed by atoms with van der Waals surface area (Å²) in [6.45, 7) is 2.06. The Hall–Kier alpha value is -1.13. The zero-order chi connectivity index (χ0) is 13.1. The molecule has 0 atom stereocenters. The van der Waals surface area contributed by atoms with Crippen LogP contribution in [0, 0.1) is 0 Å². The van der Waals surface area contributed by atoms with Gasteiger partial charge in [-0.3, -0.25) is 4.68 Å². The number of halogens is 1. The fraction of sp³-hybridized carbons (Fsp3) is 0.308. The van der Waals surface area contributed by atoms with E-state index in [1.165, 1.54) is 5.56 Å². The second-order valence-corrected chi connectivity index (χ2v) is 5.46. The van der Waals surface area contributed by atoms with Crippen molar-refractivity contribution >= 4 is 29.1 Å². The summed E-state index contributed by atoms with van der Waals surface area (Å²) in [6.07, 6.45) is 0.862. The van der Waals surface area contributed by atoms with Crippen LogP contribution in [0.15, 0.2) is 29.3 Å². The maximum Gasteiger partial charge on any atom is 0.117 e. The van der Waals surface area contributed by atoms with Crippen molar-refractivity contribution in [2.75, 3.05) is 5.73 Å². The van der Waals surface area contributed by atoms with Gasteiger partial charge in [0, 0.05) is 17.8 Å². The minimum Gasteiger partial charge on any atom is -0.395 e. The SMILES string of the molecule is CCc1nn(C)c(SCc2ccc(Cl)cc2)c1N. The number of aryl methyl sites for hydroxylation is 2. The molecular weight excluding hydrogens is 266 g/mol. The molecule has 0 amide bonds. The summed E-state index contributed by atoms with van der Waals surface area (Å²) >= 11 is 7.56. The van der Waals surface area contributed by atoms with Crippen molar-refractivity contribution in [3.8, 4) is 0 Å². The van der Waals surface area contributed by atoms with Crippen molar-refractivity contribution in [1.82, 2.24) is 9.78 Å². The number of anilines is 1. The molecule has 5 heteroatoms. The van der Waals surface area contributed by atoms with E-state index in [0.717, 1.165) is 33.6 Å². The number of nitrogens with zero attached hydrogens (tertiary/aromatic N) is 2. The van der Waals surface area contributed by atoms with Crippen LogP contribution >= 0.6 is 23.4 Å². The van der Waals surface area contributed by atoms with E-state index in [4.69, 9.17) is 17.3 Å². The van der Waals surface area contributed by atoms with Crippen molar-refractivity contribution < 1.29 is 0 Å². The van der Waals surface area contributed by atoms with Crippen molar-refractivity contribution in [2.24, 2.45) is 7.05 Å². The summed E-state index contributed by atoms with van der Waals surface area (Å²) in [7, 11) is 1.93. The van der Waals surface area contributed by atoms with Gasteiger partial charge in [0.15, 0.2) is 0 Å². The first-order valence-electron chi connectivity index (χ1n) is 5.80. The second-order valence-electron chi connectivity index (χ2n) is 4.06. The van der Waals surface area contributed by atoms with Crippen LogP contribution in [0.1, 0.15) is 18.2 Å². The summed E-state index contributed by atoms with van der Waals surface area (Å²) in [4.78, 5) is 0. The van der Waals surface area contributed by atoms with Gasteiger partial charge in [0.1, 0.15) is 5.03 Å². The van der Waals surface area contributed by atoms with Gasteiger partial charge in [-0.15, -0.1) is 0 Å². The molecule has 96 valence electrons. The number of hydrogen-bond acceptors (Lipinski definition) is 3. The minimum atomic E-state index is 0.761. The summed E-state index contributed by atoms with van der Waals surface area (Å²) in [5, 5.41) is 6.20. The Labute approximate surface area is 116 Å². The molecule has 0 saturated heterocycles. The number of nitrogen functional groups attached to an aromatic ring is 1. The molecule has 0 spiro atoms. The van der Waals surface area contributed by atoms with Crippen LogP contribution in [0.3, 0.4) is 0 Å². The van der Waals surface area contributed by atoms with E-state index >= 15 is 0 Å². The average Bonchev–Trinajstić information content (AvgIpc) is 2.64. The lowest BCUT2D eigenvalue weighted by Crippen LogP contribution is -1.94. The van der Waals surface area contributed by atoms with E-state index in [2.05, 4.69) is 12.0 Å². The van der Waals surface area contributed by atoms with Crippen LogP contribution in [-0.2, 0) is 19.2 Å². The van der Waals surface area contributed by atoms with Crippen LogP contribution < -0.4 is 5.73 Å². The molecule has 1 aromatic carbocycles. The van der Waals surface area contributed by atoms with Gasteiger partial charge in [-0.1, -0.05) is 42.4 Å². The third-order valence-electron chi connectivity index (χ3n) is 2.73. The predicted molar refractivity (Wildman–Crippen MR) is 78.0 cm³/mol. The van der Waals surface area contributed by atoms with Gasteiger partial charge in [0.2, 0.25) is 0 Å². The van der Waals surface area contributed by atoms with Gasteiger partial charge in [0.25, 0.3) is 0 Å². The van der Waals surface area contributed by atoms with Gasteiger partial charge in [-0.25, -0.2) is 0 Å². The van der Waals surface area contributed by atoms with Gasteiger partial charge in [-0.2, -0.15) is 5.10 Å². The Kier molecular flexibility index (Phi) is 4.19. The smallest absolute Gasteiger partial charge is 0.117 e. The number of aromatic nitrogens is 2. The summed E-state index contributed by atoms with van der Waals surface area (Å²) in [5.74, 6) is 0.865. The summed E-state index contributed by atoms with van der Waals surface area (Å²) < 4.78 is 1.86. The van der Waals surface area contributed by atoms with Crippen molar-refractivity contribution in [3.05, 3.63) is 40.5 Å². The molecule has 18 heavy (non-hydrogen) atoms. The summed E-state index contributed by atoms with van der Waals surface area (Å²) in [5.41, 5.74) is 9.08. The van der Waals surface area contributed by atoms with E-state index in [1.807, 2.05) is 36.0 Å². The lowest BCUT2D eigenvalue weighted by Gasteiger charge is -2.04. The van der Waals surface area contributed by atoms with Crippen LogP contribution in [0.25, 0.3) is 0 Å². The second kappa shape index (κ2) is 5.67. The van der Waals surface area contributed by atoms with E-state index in [9.17, 15) is 0 Å². The van der Waals surface area contributed by atoms with E-state index < -0.39 is 0 Å². The van der Waals surface area contributed by atoms with Crippen LogP contribution in [-0.4, -0.2) is 9.78 Å². The fourth-order valence-electron chi connectivity index (χ4n) is 1.74. The minimum absolute atomic E-state index is 0.761. The van der Waals surface area contributed by atoms with Gasteiger partial charge in [0.05, 0.1) is 11.4 Å². The monoisotopic (exact) mass is 281 g/mol. The zero-order valence-corrected chi connectivity index (χ0v) is 12.1. The molecule has 0 aliphatic rings. The van der Waals surface area contributed by atoms with E-state index in [0.29, 0.717) is 0 Å². The topological polar surface area (TPSA) is 43.8 Å². The third kappa shape index (κ3) is 2.82. The van der Waals surface area contributed by atoms with Crippen molar-refractivity contribution in [1.29, 1.82) is 0 Å². The van der Waals surface area contributed by atoms with Crippen molar-refractivity contribution in [3.63, 3.8) is 0 Å². The number of rotatable bonds is 4. The van der Waals surface area contributed by atoms with Crippen molar-refractivity contribution in [2.45, 2.75) is 24.1 Å². The van der Waals surface area contributed by atoms with Gasteiger partial charge >= 0.3 is 0 Å². The largest absolute Gasteiger partial charge is 0.395 e. The predicted octanol–water partition coefficient (Wildman–Crippen LogP) is 3.51. The highest BCUT2D eigenvalue weighted by atomic mass is 35.5. The summed E-state index contributed by atoms with van der Waals surface area (Å²) in [6, 6.07) is 7.87. The average molecular weight is 282 g/mol. The molecule has 0 saturated carbocycles. The van der Waals surface area contributed by atoms with Crippen LogP contribution in [0.5, 0.6) is 0 Å². The Balaban J connectivity index is 2.10. The molecule has 0 bridgehead atoms. The van der Waals surface area contributed by atoms with Crippen LogP contribution in [0.4, 0.5) is 5.69 Å². The Morgan fingerprint density at radius 1 is 1.33 bits per heavy atom. The molecular formula is C13H16ClN3S. The fourth-order valence-corrected chi connectivity index (χ4v) is 2.87. The zero-order valence-electron chi connectivity index (χ0n) is 10.5. The lowest BCUT2D eigenvalue weighted by molar-refractivity contribution is 0.687. The van der Waals surface area contributed by atoms with E-state index in [1.54, 1.807) is 11.8 Å². The van der Waals surface area contributed by atoms with Gasteiger partial charge < -0.3 is 5.73 Å². The standard InChI is InChI=1S/C13H16ClN3S/c1-3-11-12(15)13(17(2)16-11)18-8-9-4-6-10(14)7-5-9/h4-7H,3,8,15H2,1-2H3. The molecule has 1 aromatic heterocycles. The Morgan fingerprint density at radius 3 is 2.56 bits per heavy atom. The molecule has 1 heterocycles. The lowest BCUT2D eigenvalue weighted by atomic mass is 10.2. The first-order chi connectivity index (χ1) is 8.61. The van der Waals surface area contributed by atoms with E-state index in [-0.39, 0.29) is 0 Å². The van der Waals surface area contributed by atoms with Gasteiger partial charge in [-0.05, 0) is 24.1 Å². The molecule has 0 aliphatic carbocycles. The Bertz CT molecular complexity index is 534. The number of thioether (sulfide) groups is 1. The number of benzene rings is 1. The molecule has 2 N–H and O–H groups in total. The normalized spacial score (nSPS) is 10.8. The molecule has 0 unspecified atom stereocenters. The highest BCUT2D eigenvalue weighted by molar-refractivity contribution is 7.98. The molecule has 2 aromatic rings. The number of nitrogens with two attached hydrogens (primary N) is 1. The number of hydrogen-bond donors (Lipinski definition) is 1. The molecule has 0 fully saturated rings. The maximum absolute atomic E-state index is 6.08.